The molecule has 1 aromatic carbocycles. The molecule has 20 heavy (non-hydrogen) atoms. The Hall–Kier alpha value is -1.08. The second kappa shape index (κ2) is 5.73. The minimum absolute atomic E-state index is 0.169. The summed E-state index contributed by atoms with van der Waals surface area (Å²) in [5.74, 6) is 0.181. The highest BCUT2D eigenvalue weighted by Crippen LogP contribution is 2.35. The van der Waals surface area contributed by atoms with E-state index in [0.717, 1.165) is 6.26 Å². The van der Waals surface area contributed by atoms with Crippen molar-refractivity contribution in [3.63, 3.8) is 0 Å². The van der Waals surface area contributed by atoms with Crippen molar-refractivity contribution in [2.24, 2.45) is 0 Å². The number of benzene rings is 1. The number of hydrogen-bond acceptors (Lipinski definition) is 5. The zero-order chi connectivity index (χ0) is 15.7. The quantitative estimate of drug-likeness (QED) is 0.750. The highest BCUT2D eigenvalue weighted by Gasteiger charge is 2.40. The summed E-state index contributed by atoms with van der Waals surface area (Å²) >= 11 is 3.29. The molecule has 1 aromatic rings. The molecule has 0 fully saturated rings. The standard InChI is InChI=1S/C13H17BrO5S/c1-13(2,20(5,16)17)12(15)8-6-11(19-4)9(14)7-10(8)18-3/h6-7H,1-5H3. The maximum absolute atomic E-state index is 12.5. The van der Waals surface area contributed by atoms with Gasteiger partial charge in [-0.1, -0.05) is 0 Å². The Morgan fingerprint density at radius 1 is 1.15 bits per heavy atom. The van der Waals surface area contributed by atoms with E-state index < -0.39 is 20.4 Å². The van der Waals surface area contributed by atoms with Crippen LogP contribution in [-0.2, 0) is 9.84 Å². The van der Waals surface area contributed by atoms with Crippen LogP contribution in [0.4, 0.5) is 0 Å². The molecule has 0 atom stereocenters. The van der Waals surface area contributed by atoms with E-state index in [1.807, 2.05) is 0 Å². The number of ketones is 1. The molecule has 112 valence electrons. The number of halogens is 1. The average molecular weight is 365 g/mol. The molecule has 7 heteroatoms. The van der Waals surface area contributed by atoms with E-state index in [0.29, 0.717) is 16.0 Å². The van der Waals surface area contributed by atoms with Crippen molar-refractivity contribution in [3.8, 4) is 11.5 Å². The molecule has 0 saturated heterocycles. The molecular formula is C13H17BrO5S. The molecule has 0 radical (unpaired) electrons. The van der Waals surface area contributed by atoms with Gasteiger partial charge in [-0.05, 0) is 41.9 Å². The van der Waals surface area contributed by atoms with Crippen molar-refractivity contribution in [1.29, 1.82) is 0 Å². The molecule has 0 N–H and O–H groups in total. The fourth-order valence-electron chi connectivity index (χ4n) is 1.53. The van der Waals surface area contributed by atoms with Crippen molar-refractivity contribution >= 4 is 31.6 Å². The average Bonchev–Trinajstić information content (AvgIpc) is 2.36. The second-order valence-corrected chi connectivity index (χ2v) is 8.22. The van der Waals surface area contributed by atoms with Crippen molar-refractivity contribution in [2.45, 2.75) is 18.6 Å². The molecule has 0 aromatic heterocycles. The Morgan fingerprint density at radius 2 is 1.65 bits per heavy atom. The number of sulfone groups is 1. The van der Waals surface area contributed by atoms with Gasteiger partial charge in [0.1, 0.15) is 16.2 Å². The summed E-state index contributed by atoms with van der Waals surface area (Å²) in [5.41, 5.74) is 0.169. The van der Waals surface area contributed by atoms with E-state index in [-0.39, 0.29) is 5.56 Å². The highest BCUT2D eigenvalue weighted by atomic mass is 79.9. The van der Waals surface area contributed by atoms with Crippen molar-refractivity contribution in [2.75, 3.05) is 20.5 Å². The number of methoxy groups -OCH3 is 2. The van der Waals surface area contributed by atoms with E-state index in [1.165, 1.54) is 34.1 Å². The summed E-state index contributed by atoms with van der Waals surface area (Å²) in [6, 6.07) is 3.04. The molecule has 0 spiro atoms. The van der Waals surface area contributed by atoms with Crippen LogP contribution in [0.2, 0.25) is 0 Å². The van der Waals surface area contributed by atoms with Gasteiger partial charge in [0.15, 0.2) is 15.6 Å². The van der Waals surface area contributed by atoms with Gasteiger partial charge in [0.25, 0.3) is 0 Å². The zero-order valence-electron chi connectivity index (χ0n) is 12.0. The third kappa shape index (κ3) is 2.98. The van der Waals surface area contributed by atoms with Crippen LogP contribution in [0.15, 0.2) is 16.6 Å². The molecular weight excluding hydrogens is 348 g/mol. The van der Waals surface area contributed by atoms with E-state index in [1.54, 1.807) is 6.07 Å². The van der Waals surface area contributed by atoms with Crippen LogP contribution in [0.25, 0.3) is 0 Å². The lowest BCUT2D eigenvalue weighted by Crippen LogP contribution is -2.40. The summed E-state index contributed by atoms with van der Waals surface area (Å²) < 4.78 is 32.9. The smallest absolute Gasteiger partial charge is 0.187 e. The predicted octanol–water partition coefficient (Wildman–Crippen LogP) is 2.47. The van der Waals surface area contributed by atoms with Crippen LogP contribution in [-0.4, -0.2) is 39.4 Å². The first kappa shape index (κ1) is 17.0. The van der Waals surface area contributed by atoms with Crippen LogP contribution < -0.4 is 9.47 Å². The van der Waals surface area contributed by atoms with Crippen molar-refractivity contribution in [1.82, 2.24) is 0 Å². The molecule has 0 unspecified atom stereocenters. The SMILES string of the molecule is COc1cc(C(=O)C(C)(C)S(C)(=O)=O)c(OC)cc1Br. The van der Waals surface area contributed by atoms with Gasteiger partial charge in [-0.25, -0.2) is 8.42 Å². The maximum atomic E-state index is 12.5. The van der Waals surface area contributed by atoms with Crippen LogP contribution >= 0.6 is 15.9 Å². The minimum Gasteiger partial charge on any atom is -0.496 e. The van der Waals surface area contributed by atoms with Gasteiger partial charge in [-0.15, -0.1) is 0 Å². The lowest BCUT2D eigenvalue weighted by molar-refractivity contribution is 0.0950. The molecule has 0 amide bonds. The summed E-state index contributed by atoms with van der Waals surface area (Å²) in [6.07, 6.45) is 1.04. The van der Waals surface area contributed by atoms with E-state index >= 15 is 0 Å². The largest absolute Gasteiger partial charge is 0.496 e. The van der Waals surface area contributed by atoms with Gasteiger partial charge < -0.3 is 9.47 Å². The second-order valence-electron chi connectivity index (χ2n) is 4.80. The van der Waals surface area contributed by atoms with Gasteiger partial charge in [0.2, 0.25) is 0 Å². The normalized spacial score (nSPS) is 12.1. The molecule has 5 nitrogen and oxygen atoms in total. The Bertz CT molecular complexity index is 634. The summed E-state index contributed by atoms with van der Waals surface area (Å²) in [4.78, 5) is 12.5. The first-order valence-electron chi connectivity index (χ1n) is 5.72. The zero-order valence-corrected chi connectivity index (χ0v) is 14.4. The topological polar surface area (TPSA) is 69.7 Å². The first-order chi connectivity index (χ1) is 9.06. The number of rotatable bonds is 5. The first-order valence-corrected chi connectivity index (χ1v) is 8.40. The third-order valence-electron chi connectivity index (χ3n) is 3.19. The van der Waals surface area contributed by atoms with Gasteiger partial charge in [0, 0.05) is 6.26 Å². The van der Waals surface area contributed by atoms with Crippen LogP contribution in [0, 0.1) is 0 Å². The monoisotopic (exact) mass is 364 g/mol. The van der Waals surface area contributed by atoms with Gasteiger partial charge in [0.05, 0.1) is 24.3 Å². The van der Waals surface area contributed by atoms with E-state index in [2.05, 4.69) is 15.9 Å². The maximum Gasteiger partial charge on any atom is 0.187 e. The molecule has 0 saturated carbocycles. The Labute approximate surface area is 127 Å². The van der Waals surface area contributed by atoms with Crippen LogP contribution in [0.3, 0.4) is 0 Å². The van der Waals surface area contributed by atoms with Gasteiger partial charge in [-0.2, -0.15) is 0 Å². The van der Waals surface area contributed by atoms with E-state index in [4.69, 9.17) is 9.47 Å². The van der Waals surface area contributed by atoms with Crippen LogP contribution in [0.1, 0.15) is 24.2 Å². The Morgan fingerprint density at radius 3 is 2.05 bits per heavy atom. The Kier molecular flexibility index (Phi) is 4.86. The third-order valence-corrected chi connectivity index (χ3v) is 5.85. The number of carbonyl (C=O) groups excluding carboxylic acids is 1. The van der Waals surface area contributed by atoms with Gasteiger partial charge in [-0.3, -0.25) is 4.79 Å². The van der Waals surface area contributed by atoms with Crippen molar-refractivity contribution in [3.05, 3.63) is 22.2 Å². The Balaban J connectivity index is 3.50. The minimum atomic E-state index is -3.56. The van der Waals surface area contributed by atoms with Gasteiger partial charge >= 0.3 is 0 Å². The summed E-state index contributed by atoms with van der Waals surface area (Å²) in [5, 5.41) is 0. The summed E-state index contributed by atoms with van der Waals surface area (Å²) in [6.45, 7) is 2.75. The molecule has 1 rings (SSSR count). The molecule has 0 bridgehead atoms. The summed E-state index contributed by atoms with van der Waals surface area (Å²) in [7, 11) is -0.686. The number of Topliss-reactive ketones (excluding diaryl/α,β-unsaturated/α-hetero) is 1. The molecule has 0 heterocycles. The molecule has 0 aliphatic heterocycles. The molecule has 0 aliphatic rings. The number of hydrogen-bond donors (Lipinski definition) is 0. The van der Waals surface area contributed by atoms with Crippen LogP contribution in [0.5, 0.6) is 11.5 Å². The fourth-order valence-corrected chi connectivity index (χ4v) is 2.46. The number of carbonyl (C=O) groups is 1. The predicted molar refractivity (Wildman–Crippen MR) is 80.5 cm³/mol. The lowest BCUT2D eigenvalue weighted by Gasteiger charge is -2.22. The molecule has 0 aliphatic carbocycles. The lowest BCUT2D eigenvalue weighted by atomic mass is 9.99. The van der Waals surface area contributed by atoms with E-state index in [9.17, 15) is 13.2 Å². The number of ether oxygens (including phenoxy) is 2. The highest BCUT2D eigenvalue weighted by molar-refractivity contribution is 9.10. The van der Waals surface area contributed by atoms with Crippen molar-refractivity contribution < 1.29 is 22.7 Å². The fraction of sp³-hybridized carbons (Fsp3) is 0.462.